The molecule has 0 aliphatic carbocycles. The average Bonchev–Trinajstić information content (AvgIpc) is 3.42. The molecule has 4 heterocycles. The number of fused-ring (bicyclic) bond motifs is 3. The van der Waals surface area contributed by atoms with Crippen molar-refractivity contribution in [1.82, 2.24) is 29.9 Å². The molecule has 0 unspecified atom stereocenters. The van der Waals surface area contributed by atoms with Crippen LogP contribution in [-0.4, -0.2) is 31.1 Å². The molecule has 0 bridgehead atoms. The standard InChI is InChI=1S/C22H19N7/c1-2-17-12-25-28-19(17)10-15(1)20-13-29-8-7-24-22(29)21(27-20)26-18-4-3-16-11-23-6-5-14(16)9-18/h1-4,7-10,12-13,23H,5-6,11H2,(H,25,28)(H,26,27). The minimum atomic E-state index is 0.742. The van der Waals surface area contributed by atoms with Crippen molar-refractivity contribution in [1.29, 1.82) is 0 Å². The van der Waals surface area contributed by atoms with Gasteiger partial charge in [0.25, 0.3) is 0 Å². The molecule has 0 atom stereocenters. The van der Waals surface area contributed by atoms with Crippen molar-refractivity contribution in [2.24, 2.45) is 0 Å². The summed E-state index contributed by atoms with van der Waals surface area (Å²) in [6.45, 7) is 1.95. The third-order valence-corrected chi connectivity index (χ3v) is 5.47. The molecular formula is C22H19N7. The summed E-state index contributed by atoms with van der Waals surface area (Å²) in [5.74, 6) is 0.742. The highest BCUT2D eigenvalue weighted by molar-refractivity contribution is 5.84. The van der Waals surface area contributed by atoms with Gasteiger partial charge in [-0.15, -0.1) is 0 Å². The first-order chi connectivity index (χ1) is 14.3. The Labute approximate surface area is 166 Å². The molecule has 0 radical (unpaired) electrons. The minimum absolute atomic E-state index is 0.742. The molecule has 6 rings (SSSR count). The summed E-state index contributed by atoms with van der Waals surface area (Å²) >= 11 is 0. The summed E-state index contributed by atoms with van der Waals surface area (Å²) in [6, 6.07) is 12.7. The molecule has 3 aromatic heterocycles. The Balaban J connectivity index is 1.43. The number of nitrogens with zero attached hydrogens (tertiary/aromatic N) is 4. The van der Waals surface area contributed by atoms with Gasteiger partial charge in [-0.2, -0.15) is 5.10 Å². The van der Waals surface area contributed by atoms with Gasteiger partial charge in [-0.3, -0.25) is 5.10 Å². The van der Waals surface area contributed by atoms with Crippen molar-refractivity contribution < 1.29 is 0 Å². The zero-order chi connectivity index (χ0) is 19.2. The molecule has 0 amide bonds. The van der Waals surface area contributed by atoms with E-state index in [2.05, 4.69) is 62.2 Å². The van der Waals surface area contributed by atoms with Crippen LogP contribution >= 0.6 is 0 Å². The van der Waals surface area contributed by atoms with Gasteiger partial charge in [0, 0.05) is 41.8 Å². The van der Waals surface area contributed by atoms with E-state index < -0.39 is 0 Å². The van der Waals surface area contributed by atoms with Gasteiger partial charge in [-0.1, -0.05) is 18.2 Å². The smallest absolute Gasteiger partial charge is 0.180 e. The molecule has 7 nitrogen and oxygen atoms in total. The third-order valence-electron chi connectivity index (χ3n) is 5.47. The fraction of sp³-hybridized carbons (Fsp3) is 0.136. The zero-order valence-electron chi connectivity index (χ0n) is 15.7. The highest BCUT2D eigenvalue weighted by Crippen LogP contribution is 2.27. The largest absolute Gasteiger partial charge is 0.337 e. The van der Waals surface area contributed by atoms with E-state index in [1.165, 1.54) is 11.1 Å². The number of nitrogens with one attached hydrogen (secondary N) is 3. The predicted molar refractivity (Wildman–Crippen MR) is 113 cm³/mol. The Kier molecular flexibility index (Phi) is 3.60. The van der Waals surface area contributed by atoms with Crippen LogP contribution in [0.4, 0.5) is 11.5 Å². The van der Waals surface area contributed by atoms with Crippen LogP contribution in [0, 0.1) is 0 Å². The van der Waals surface area contributed by atoms with E-state index in [-0.39, 0.29) is 0 Å². The summed E-state index contributed by atoms with van der Waals surface area (Å²) in [5, 5.41) is 15.1. The summed E-state index contributed by atoms with van der Waals surface area (Å²) in [6.07, 6.45) is 8.61. The lowest BCUT2D eigenvalue weighted by atomic mass is 10.0. The Morgan fingerprint density at radius 3 is 3.07 bits per heavy atom. The van der Waals surface area contributed by atoms with E-state index in [1.54, 1.807) is 6.20 Å². The molecule has 7 heteroatoms. The van der Waals surface area contributed by atoms with Crippen LogP contribution in [-0.2, 0) is 13.0 Å². The Morgan fingerprint density at radius 2 is 2.07 bits per heavy atom. The second-order valence-electron chi connectivity index (χ2n) is 7.34. The maximum Gasteiger partial charge on any atom is 0.180 e. The minimum Gasteiger partial charge on any atom is -0.337 e. The summed E-state index contributed by atoms with van der Waals surface area (Å²) < 4.78 is 2.00. The number of rotatable bonds is 3. The van der Waals surface area contributed by atoms with Crippen molar-refractivity contribution in [3.05, 3.63) is 72.3 Å². The van der Waals surface area contributed by atoms with Crippen molar-refractivity contribution >= 4 is 28.1 Å². The maximum atomic E-state index is 4.90. The predicted octanol–water partition coefficient (Wildman–Crippen LogP) is 3.66. The number of hydrogen-bond donors (Lipinski definition) is 3. The van der Waals surface area contributed by atoms with Crippen LogP contribution in [0.3, 0.4) is 0 Å². The van der Waals surface area contributed by atoms with Gasteiger partial charge in [0.15, 0.2) is 11.5 Å². The van der Waals surface area contributed by atoms with E-state index in [4.69, 9.17) is 4.98 Å². The summed E-state index contributed by atoms with van der Waals surface area (Å²) in [7, 11) is 0. The number of benzene rings is 2. The molecule has 142 valence electrons. The molecular weight excluding hydrogens is 362 g/mol. The molecule has 1 aliphatic heterocycles. The van der Waals surface area contributed by atoms with Gasteiger partial charge >= 0.3 is 0 Å². The first-order valence-electron chi connectivity index (χ1n) is 9.70. The van der Waals surface area contributed by atoms with Gasteiger partial charge in [0.1, 0.15) is 0 Å². The van der Waals surface area contributed by atoms with Crippen LogP contribution in [0.2, 0.25) is 0 Å². The number of aromatic amines is 1. The molecule has 29 heavy (non-hydrogen) atoms. The Bertz CT molecular complexity index is 1350. The van der Waals surface area contributed by atoms with Crippen molar-refractivity contribution in [3.63, 3.8) is 0 Å². The first kappa shape index (κ1) is 16.3. The van der Waals surface area contributed by atoms with Crippen molar-refractivity contribution in [3.8, 4) is 11.3 Å². The van der Waals surface area contributed by atoms with E-state index in [0.29, 0.717) is 0 Å². The molecule has 0 saturated heterocycles. The fourth-order valence-corrected chi connectivity index (χ4v) is 3.94. The second-order valence-corrected chi connectivity index (χ2v) is 7.34. The van der Waals surface area contributed by atoms with Gasteiger partial charge in [-0.25, -0.2) is 9.97 Å². The van der Waals surface area contributed by atoms with E-state index >= 15 is 0 Å². The highest BCUT2D eigenvalue weighted by atomic mass is 15.1. The van der Waals surface area contributed by atoms with Gasteiger partial charge in [-0.05, 0) is 42.3 Å². The number of aromatic nitrogens is 5. The molecule has 0 saturated carbocycles. The summed E-state index contributed by atoms with van der Waals surface area (Å²) in [5.41, 5.74) is 7.47. The second kappa shape index (κ2) is 6.42. The topological polar surface area (TPSA) is 82.9 Å². The van der Waals surface area contributed by atoms with Crippen LogP contribution in [0.5, 0.6) is 0 Å². The highest BCUT2D eigenvalue weighted by Gasteiger charge is 2.13. The molecule has 3 N–H and O–H groups in total. The number of anilines is 2. The SMILES string of the molecule is c1cn2cc(-c3ccc4cn[nH]c4c3)nc(Nc3ccc4c(c3)CCNC4)c2n1. The first-order valence-corrected chi connectivity index (χ1v) is 9.70. The van der Waals surface area contributed by atoms with Crippen LogP contribution < -0.4 is 10.6 Å². The third kappa shape index (κ3) is 2.83. The fourth-order valence-electron chi connectivity index (χ4n) is 3.94. The number of hydrogen-bond acceptors (Lipinski definition) is 5. The van der Waals surface area contributed by atoms with Crippen LogP contribution in [0.25, 0.3) is 27.8 Å². The quantitative estimate of drug-likeness (QED) is 0.444. The average molecular weight is 381 g/mol. The zero-order valence-corrected chi connectivity index (χ0v) is 15.7. The van der Waals surface area contributed by atoms with Crippen molar-refractivity contribution in [2.45, 2.75) is 13.0 Å². The lowest BCUT2D eigenvalue weighted by Crippen LogP contribution is -2.23. The lowest BCUT2D eigenvalue weighted by Gasteiger charge is -2.18. The van der Waals surface area contributed by atoms with Crippen LogP contribution in [0.15, 0.2) is 61.2 Å². The molecule has 2 aromatic carbocycles. The van der Waals surface area contributed by atoms with E-state index in [9.17, 15) is 0 Å². The summed E-state index contributed by atoms with van der Waals surface area (Å²) in [4.78, 5) is 9.39. The Morgan fingerprint density at radius 1 is 1.07 bits per heavy atom. The molecule has 0 fully saturated rings. The van der Waals surface area contributed by atoms with Gasteiger partial charge in [0.2, 0.25) is 0 Å². The van der Waals surface area contributed by atoms with E-state index in [0.717, 1.165) is 58.8 Å². The van der Waals surface area contributed by atoms with Crippen molar-refractivity contribution in [2.75, 3.05) is 11.9 Å². The lowest BCUT2D eigenvalue weighted by molar-refractivity contribution is 0.644. The molecule has 1 aliphatic rings. The maximum absolute atomic E-state index is 4.90. The Hall–Kier alpha value is -3.71. The number of imidazole rings is 1. The van der Waals surface area contributed by atoms with E-state index in [1.807, 2.05) is 23.0 Å². The van der Waals surface area contributed by atoms with Crippen LogP contribution in [0.1, 0.15) is 11.1 Å². The monoisotopic (exact) mass is 381 g/mol. The van der Waals surface area contributed by atoms with Gasteiger partial charge < -0.3 is 15.0 Å². The molecule has 0 spiro atoms. The number of H-pyrrole nitrogens is 1. The van der Waals surface area contributed by atoms with Gasteiger partial charge in [0.05, 0.1) is 17.4 Å². The molecule has 5 aromatic rings. The normalized spacial score (nSPS) is 13.7.